The van der Waals surface area contributed by atoms with Gasteiger partial charge in [0.1, 0.15) is 0 Å². The fraction of sp³-hybridized carbons (Fsp3) is 0.450. The van der Waals surface area contributed by atoms with Crippen LogP contribution in [0.4, 0.5) is 5.88 Å². The van der Waals surface area contributed by atoms with Crippen molar-refractivity contribution in [2.45, 2.75) is 43.3 Å². The molecule has 2 aliphatic rings. The molecule has 9 nitrogen and oxygen atoms in total. The van der Waals surface area contributed by atoms with E-state index in [4.69, 9.17) is 4.52 Å². The molecule has 1 amide bonds. The third-order valence-electron chi connectivity index (χ3n) is 5.36. The molecule has 5 rings (SSSR count). The van der Waals surface area contributed by atoms with Gasteiger partial charge in [-0.25, -0.2) is 4.98 Å². The van der Waals surface area contributed by atoms with Gasteiger partial charge >= 0.3 is 5.88 Å². The van der Waals surface area contributed by atoms with E-state index in [1.165, 1.54) is 18.2 Å². The Morgan fingerprint density at radius 3 is 2.83 bits per heavy atom. The van der Waals surface area contributed by atoms with E-state index in [1.807, 2.05) is 18.2 Å². The van der Waals surface area contributed by atoms with Crippen molar-refractivity contribution in [2.75, 3.05) is 29.2 Å². The molecule has 1 aliphatic heterocycles. The first-order chi connectivity index (χ1) is 14.7. The van der Waals surface area contributed by atoms with E-state index < -0.39 is 0 Å². The van der Waals surface area contributed by atoms with Crippen molar-refractivity contribution in [1.82, 2.24) is 14.8 Å². The number of nitrogens with one attached hydrogen (secondary N) is 1. The summed E-state index contributed by atoms with van der Waals surface area (Å²) in [4.78, 5) is 31.6. The summed E-state index contributed by atoms with van der Waals surface area (Å²) >= 11 is 1.27. The first kappa shape index (κ1) is 19.1. The number of nitrogens with zero attached hydrogens (tertiary/aromatic N) is 5. The standard InChI is InChI=1S/C20H22N6O3S/c27-17(22-18-12-25(23-29-18)24-10-4-1-5-11-24)13-30-20-21-16-7-3-2-6-15(16)19(28)26(20)14-8-9-14/h2-3,6-7,12,14H,1,4-5,8-11,13H2/p+1. The summed E-state index contributed by atoms with van der Waals surface area (Å²) in [5, 5.41) is 10.0. The Morgan fingerprint density at radius 1 is 1.23 bits per heavy atom. The van der Waals surface area contributed by atoms with Crippen LogP contribution in [-0.2, 0) is 4.79 Å². The lowest BCUT2D eigenvalue weighted by molar-refractivity contribution is -0.759. The molecule has 1 saturated carbocycles. The number of amides is 1. The number of carbonyl (C=O) groups is 1. The molecule has 3 heterocycles. The Balaban J connectivity index is 1.28. The fourth-order valence-electron chi connectivity index (χ4n) is 3.69. The highest BCUT2D eigenvalue weighted by molar-refractivity contribution is 7.99. The SMILES string of the molecule is O=C(CSc1nc2ccccc2c(=O)n1C1CC1)Nc1c[n+](N2CCCCC2)no1. The molecule has 10 heteroatoms. The highest BCUT2D eigenvalue weighted by atomic mass is 32.2. The van der Waals surface area contributed by atoms with Gasteiger partial charge in [0.05, 0.1) is 34.5 Å². The zero-order valence-corrected chi connectivity index (χ0v) is 17.3. The second kappa shape index (κ2) is 8.10. The fourth-order valence-corrected chi connectivity index (χ4v) is 4.56. The van der Waals surface area contributed by atoms with Crippen molar-refractivity contribution in [1.29, 1.82) is 0 Å². The lowest BCUT2D eigenvalue weighted by Crippen LogP contribution is -2.60. The van der Waals surface area contributed by atoms with Crippen molar-refractivity contribution in [3.63, 3.8) is 0 Å². The molecule has 0 bridgehead atoms. The second-order valence-electron chi connectivity index (χ2n) is 7.66. The minimum atomic E-state index is -0.230. The lowest BCUT2D eigenvalue weighted by atomic mass is 10.2. The first-order valence-corrected chi connectivity index (χ1v) is 11.3. The Hall–Kier alpha value is -2.88. The van der Waals surface area contributed by atoms with Crippen molar-refractivity contribution >= 4 is 34.5 Å². The Bertz CT molecular complexity index is 1130. The first-order valence-electron chi connectivity index (χ1n) is 10.3. The molecule has 0 spiro atoms. The second-order valence-corrected chi connectivity index (χ2v) is 8.60. The molecule has 30 heavy (non-hydrogen) atoms. The zero-order valence-electron chi connectivity index (χ0n) is 16.5. The van der Waals surface area contributed by atoms with Gasteiger partial charge in [-0.3, -0.25) is 24.0 Å². The molecule has 0 atom stereocenters. The number of rotatable bonds is 6. The van der Waals surface area contributed by atoms with Gasteiger partial charge in [-0.05, 0) is 44.2 Å². The van der Waals surface area contributed by atoms with E-state index >= 15 is 0 Å². The summed E-state index contributed by atoms with van der Waals surface area (Å²) in [5.74, 6) is 0.200. The maximum Gasteiger partial charge on any atom is 0.305 e. The minimum Gasteiger partial charge on any atom is -0.288 e. The number of hydrogen-bond acceptors (Lipinski definition) is 7. The lowest BCUT2D eigenvalue weighted by Gasteiger charge is -2.17. The molecule has 2 fully saturated rings. The normalized spacial score (nSPS) is 16.7. The summed E-state index contributed by atoms with van der Waals surface area (Å²) in [6, 6.07) is 7.51. The van der Waals surface area contributed by atoms with Gasteiger partial charge in [0, 0.05) is 6.04 Å². The van der Waals surface area contributed by atoms with Gasteiger partial charge in [0.15, 0.2) is 5.16 Å². The maximum absolute atomic E-state index is 12.9. The Morgan fingerprint density at radius 2 is 2.03 bits per heavy atom. The molecule has 3 aromatic rings. The number of carbonyl (C=O) groups excluding carboxylic acids is 1. The molecule has 2 aromatic heterocycles. The number of piperidine rings is 1. The quantitative estimate of drug-likeness (QED) is 0.364. The molecule has 0 unspecified atom stereocenters. The highest BCUT2D eigenvalue weighted by Crippen LogP contribution is 2.36. The topological polar surface area (TPSA) is 97.1 Å². The number of benzene rings is 1. The Labute approximate surface area is 177 Å². The van der Waals surface area contributed by atoms with Crippen molar-refractivity contribution in [3.8, 4) is 0 Å². The van der Waals surface area contributed by atoms with E-state index in [9.17, 15) is 9.59 Å². The molecule has 1 N–H and O–H groups in total. The summed E-state index contributed by atoms with van der Waals surface area (Å²) in [6.07, 6.45) is 7.09. The molecule has 1 aliphatic carbocycles. The number of fused-ring (bicyclic) bond motifs is 1. The van der Waals surface area contributed by atoms with Crippen molar-refractivity contribution in [3.05, 3.63) is 40.8 Å². The number of aromatic nitrogens is 4. The third kappa shape index (κ3) is 3.91. The highest BCUT2D eigenvalue weighted by Gasteiger charge is 2.29. The summed E-state index contributed by atoms with van der Waals surface area (Å²) in [5.41, 5.74) is 0.615. The maximum atomic E-state index is 12.9. The van der Waals surface area contributed by atoms with E-state index in [0.717, 1.165) is 38.8 Å². The van der Waals surface area contributed by atoms with Gasteiger partial charge in [0.2, 0.25) is 11.2 Å². The smallest absolute Gasteiger partial charge is 0.288 e. The predicted octanol–water partition coefficient (Wildman–Crippen LogP) is 1.86. The molecule has 156 valence electrons. The van der Waals surface area contributed by atoms with Gasteiger partial charge in [0.25, 0.3) is 11.8 Å². The number of hydrogen-bond donors (Lipinski definition) is 1. The number of anilines is 1. The van der Waals surface area contributed by atoms with Crippen LogP contribution in [0, 0.1) is 0 Å². The molecule has 1 saturated heterocycles. The van der Waals surface area contributed by atoms with Crippen LogP contribution in [0.15, 0.2) is 44.9 Å². The van der Waals surface area contributed by atoms with Gasteiger partial charge < -0.3 is 0 Å². The third-order valence-corrected chi connectivity index (χ3v) is 6.31. The van der Waals surface area contributed by atoms with E-state index in [0.29, 0.717) is 21.9 Å². The van der Waals surface area contributed by atoms with Crippen molar-refractivity contribution < 1.29 is 14.1 Å². The molecule has 1 aromatic carbocycles. The molecular weight excluding hydrogens is 404 g/mol. The van der Waals surface area contributed by atoms with Crippen LogP contribution in [0.1, 0.15) is 38.1 Å². The molecular formula is C20H23N6O3S+. The Kier molecular flexibility index (Phi) is 5.16. The van der Waals surface area contributed by atoms with Crippen LogP contribution in [0.3, 0.4) is 0 Å². The average molecular weight is 428 g/mol. The van der Waals surface area contributed by atoms with Gasteiger partial charge in [-0.15, -0.1) is 0 Å². The van der Waals surface area contributed by atoms with Crippen molar-refractivity contribution in [2.24, 2.45) is 0 Å². The van der Waals surface area contributed by atoms with Gasteiger partial charge in [-0.2, -0.15) is 5.01 Å². The summed E-state index contributed by atoms with van der Waals surface area (Å²) in [7, 11) is 0. The summed E-state index contributed by atoms with van der Waals surface area (Å²) < 4.78 is 6.98. The number of thioether (sulfide) groups is 1. The van der Waals surface area contributed by atoms with E-state index in [-0.39, 0.29) is 23.3 Å². The zero-order chi connectivity index (χ0) is 20.5. The predicted molar refractivity (Wildman–Crippen MR) is 112 cm³/mol. The van der Waals surface area contributed by atoms with E-state index in [1.54, 1.807) is 21.6 Å². The average Bonchev–Trinajstić information content (AvgIpc) is 3.50. The van der Waals surface area contributed by atoms with Crippen LogP contribution < -0.4 is 20.7 Å². The van der Waals surface area contributed by atoms with Crippen LogP contribution in [0.5, 0.6) is 0 Å². The van der Waals surface area contributed by atoms with E-state index in [2.05, 4.69) is 20.6 Å². The summed E-state index contributed by atoms with van der Waals surface area (Å²) in [6.45, 7) is 1.85. The number of para-hydroxylation sites is 1. The largest absolute Gasteiger partial charge is 0.305 e. The van der Waals surface area contributed by atoms with Crippen LogP contribution in [0.25, 0.3) is 10.9 Å². The van der Waals surface area contributed by atoms with Crippen LogP contribution >= 0.6 is 11.8 Å². The van der Waals surface area contributed by atoms with Crippen LogP contribution in [0.2, 0.25) is 0 Å². The monoisotopic (exact) mass is 427 g/mol. The molecule has 0 radical (unpaired) electrons. The minimum absolute atomic E-state index is 0.0381. The van der Waals surface area contributed by atoms with Gasteiger partial charge in [-0.1, -0.05) is 23.9 Å². The van der Waals surface area contributed by atoms with Crippen LogP contribution in [-0.4, -0.2) is 39.6 Å².